The number of hydrogen-bond donors (Lipinski definition) is 6. The third-order valence-corrected chi connectivity index (χ3v) is 3.62. The van der Waals surface area contributed by atoms with Gasteiger partial charge in [0, 0.05) is 18.3 Å². The van der Waals surface area contributed by atoms with Crippen LogP contribution in [-0.4, -0.2) is 62.2 Å². The lowest BCUT2D eigenvalue weighted by atomic mass is 10.0. The van der Waals surface area contributed by atoms with Crippen LogP contribution in [0.4, 0.5) is 0 Å². The number of hydrogen-bond acceptors (Lipinski definition) is 6. The van der Waals surface area contributed by atoms with Crippen molar-refractivity contribution in [1.29, 1.82) is 0 Å². The maximum Gasteiger partial charge on any atom is 0.328 e. The maximum atomic E-state index is 12.3. The van der Waals surface area contributed by atoms with Crippen molar-refractivity contribution in [1.82, 2.24) is 20.6 Å². The molecule has 0 bridgehead atoms. The normalized spacial score (nSPS) is 15.9. The average Bonchev–Trinajstić information content (AvgIpc) is 3.01. The van der Waals surface area contributed by atoms with E-state index < -0.39 is 42.0 Å². The molecule has 0 saturated carbocycles. The summed E-state index contributed by atoms with van der Waals surface area (Å²) >= 11 is 0. The SMILES string of the molecule is CC(C)C(NC(=O)C(N)Cc1cnc[nH]1)C(=O)NC(C(=O)O)C(C)O. The highest BCUT2D eigenvalue weighted by Gasteiger charge is 2.31. The third-order valence-electron chi connectivity index (χ3n) is 3.62. The Labute approximate surface area is 145 Å². The van der Waals surface area contributed by atoms with Gasteiger partial charge < -0.3 is 31.6 Å². The maximum absolute atomic E-state index is 12.3. The number of aliphatic hydroxyl groups excluding tert-OH is 1. The molecule has 2 amide bonds. The van der Waals surface area contributed by atoms with E-state index in [4.69, 9.17) is 10.8 Å². The summed E-state index contributed by atoms with van der Waals surface area (Å²) < 4.78 is 0. The lowest BCUT2D eigenvalue weighted by Crippen LogP contribution is -2.58. The molecule has 10 nitrogen and oxygen atoms in total. The van der Waals surface area contributed by atoms with Gasteiger partial charge in [0.05, 0.1) is 18.5 Å². The Bertz CT molecular complexity index is 587. The molecule has 7 N–H and O–H groups in total. The quantitative estimate of drug-likeness (QED) is 0.309. The van der Waals surface area contributed by atoms with Crippen LogP contribution in [0.15, 0.2) is 12.5 Å². The molecule has 10 heteroatoms. The molecule has 4 unspecified atom stereocenters. The number of H-pyrrole nitrogens is 1. The van der Waals surface area contributed by atoms with Gasteiger partial charge in [0.1, 0.15) is 6.04 Å². The summed E-state index contributed by atoms with van der Waals surface area (Å²) in [4.78, 5) is 42.3. The molecule has 1 aromatic rings. The number of rotatable bonds is 9. The van der Waals surface area contributed by atoms with Crippen LogP contribution < -0.4 is 16.4 Å². The molecular formula is C15H25N5O5. The number of aliphatic carboxylic acids is 1. The van der Waals surface area contributed by atoms with Crippen LogP contribution in [0.1, 0.15) is 26.5 Å². The van der Waals surface area contributed by atoms with E-state index in [1.807, 2.05) is 0 Å². The summed E-state index contributed by atoms with van der Waals surface area (Å²) in [6, 6.07) is -3.35. The minimum atomic E-state index is -1.47. The van der Waals surface area contributed by atoms with Gasteiger partial charge in [-0.15, -0.1) is 0 Å². The molecule has 0 aliphatic carbocycles. The largest absolute Gasteiger partial charge is 0.480 e. The second-order valence-electron chi connectivity index (χ2n) is 6.18. The summed E-state index contributed by atoms with van der Waals surface area (Å²) in [5.74, 6) is -2.93. The predicted molar refractivity (Wildman–Crippen MR) is 88.3 cm³/mol. The molecule has 1 aromatic heterocycles. The lowest BCUT2D eigenvalue weighted by molar-refractivity contribution is -0.145. The fourth-order valence-corrected chi connectivity index (χ4v) is 2.15. The Morgan fingerprint density at radius 1 is 1.20 bits per heavy atom. The first kappa shape index (κ1) is 20.6. The van der Waals surface area contributed by atoms with E-state index in [0.717, 1.165) is 0 Å². The summed E-state index contributed by atoms with van der Waals surface area (Å²) in [5.41, 5.74) is 6.50. The molecule has 1 heterocycles. The standard InChI is InChI=1S/C15H25N5O5/c1-7(2)11(14(23)20-12(8(3)21)15(24)25)19-13(22)10(16)4-9-5-17-6-18-9/h5-8,10-12,21H,4,16H2,1-3H3,(H,17,18)(H,19,22)(H,20,23)(H,24,25). The predicted octanol–water partition coefficient (Wildman–Crippen LogP) is -1.63. The van der Waals surface area contributed by atoms with Crippen molar-refractivity contribution in [2.75, 3.05) is 0 Å². The van der Waals surface area contributed by atoms with Gasteiger partial charge in [0.2, 0.25) is 11.8 Å². The molecule has 0 fully saturated rings. The number of imidazole rings is 1. The first-order valence-corrected chi connectivity index (χ1v) is 7.88. The Hall–Kier alpha value is -2.46. The number of carboxylic acids is 1. The number of aromatic nitrogens is 2. The van der Waals surface area contributed by atoms with Crippen molar-refractivity contribution in [3.63, 3.8) is 0 Å². The molecule has 140 valence electrons. The summed E-state index contributed by atoms with van der Waals surface area (Å²) in [7, 11) is 0. The lowest BCUT2D eigenvalue weighted by Gasteiger charge is -2.26. The van der Waals surface area contributed by atoms with Gasteiger partial charge in [0.15, 0.2) is 6.04 Å². The Balaban J connectivity index is 2.73. The molecule has 0 aliphatic heterocycles. The Morgan fingerprint density at radius 3 is 2.24 bits per heavy atom. The number of aliphatic hydroxyl groups is 1. The highest BCUT2D eigenvalue weighted by atomic mass is 16.4. The molecule has 25 heavy (non-hydrogen) atoms. The number of carbonyl (C=O) groups is 3. The van der Waals surface area contributed by atoms with E-state index in [-0.39, 0.29) is 12.3 Å². The van der Waals surface area contributed by atoms with Crippen LogP contribution in [0.5, 0.6) is 0 Å². The number of nitrogens with two attached hydrogens (primary N) is 1. The molecule has 0 aliphatic rings. The van der Waals surface area contributed by atoms with Crippen LogP contribution >= 0.6 is 0 Å². The zero-order valence-electron chi connectivity index (χ0n) is 14.4. The second kappa shape index (κ2) is 9.14. The summed E-state index contributed by atoms with van der Waals surface area (Å²) in [6.07, 6.45) is 1.93. The molecule has 0 saturated heterocycles. The van der Waals surface area contributed by atoms with Gasteiger partial charge in [-0.1, -0.05) is 13.8 Å². The monoisotopic (exact) mass is 355 g/mol. The van der Waals surface area contributed by atoms with E-state index in [9.17, 15) is 19.5 Å². The van der Waals surface area contributed by atoms with E-state index in [1.165, 1.54) is 13.3 Å². The van der Waals surface area contributed by atoms with E-state index >= 15 is 0 Å². The van der Waals surface area contributed by atoms with Gasteiger partial charge in [-0.05, 0) is 12.8 Å². The fraction of sp³-hybridized carbons (Fsp3) is 0.600. The Morgan fingerprint density at radius 2 is 1.80 bits per heavy atom. The minimum Gasteiger partial charge on any atom is -0.480 e. The molecule has 0 aromatic carbocycles. The van der Waals surface area contributed by atoms with Crippen molar-refractivity contribution in [2.45, 2.75) is 51.4 Å². The van der Waals surface area contributed by atoms with Gasteiger partial charge >= 0.3 is 5.97 Å². The zero-order valence-corrected chi connectivity index (χ0v) is 14.4. The fourth-order valence-electron chi connectivity index (χ4n) is 2.15. The molecule has 0 radical (unpaired) electrons. The van der Waals surface area contributed by atoms with Crippen LogP contribution in [0, 0.1) is 5.92 Å². The zero-order chi connectivity index (χ0) is 19.1. The first-order chi connectivity index (χ1) is 11.6. The number of amides is 2. The number of carboxylic acid groups (broad SMARTS) is 1. The first-order valence-electron chi connectivity index (χ1n) is 7.88. The van der Waals surface area contributed by atoms with E-state index in [1.54, 1.807) is 20.0 Å². The highest BCUT2D eigenvalue weighted by molar-refractivity contribution is 5.92. The van der Waals surface area contributed by atoms with Gasteiger partial charge in [-0.25, -0.2) is 9.78 Å². The van der Waals surface area contributed by atoms with Gasteiger partial charge in [0.25, 0.3) is 0 Å². The molecular weight excluding hydrogens is 330 g/mol. The number of nitrogens with one attached hydrogen (secondary N) is 3. The van der Waals surface area contributed by atoms with Gasteiger partial charge in [-0.2, -0.15) is 0 Å². The highest BCUT2D eigenvalue weighted by Crippen LogP contribution is 2.05. The smallest absolute Gasteiger partial charge is 0.328 e. The molecule has 4 atom stereocenters. The van der Waals surface area contributed by atoms with Crippen LogP contribution in [-0.2, 0) is 20.8 Å². The van der Waals surface area contributed by atoms with Crippen molar-refractivity contribution in [3.8, 4) is 0 Å². The van der Waals surface area contributed by atoms with Crippen molar-refractivity contribution in [2.24, 2.45) is 11.7 Å². The van der Waals surface area contributed by atoms with Crippen LogP contribution in [0.2, 0.25) is 0 Å². The van der Waals surface area contributed by atoms with Crippen molar-refractivity contribution >= 4 is 17.8 Å². The molecule has 0 spiro atoms. The van der Waals surface area contributed by atoms with Crippen molar-refractivity contribution in [3.05, 3.63) is 18.2 Å². The van der Waals surface area contributed by atoms with Crippen LogP contribution in [0.3, 0.4) is 0 Å². The second-order valence-corrected chi connectivity index (χ2v) is 6.18. The molecule has 1 rings (SSSR count). The number of aromatic amines is 1. The summed E-state index contributed by atoms with van der Waals surface area (Å²) in [6.45, 7) is 4.65. The van der Waals surface area contributed by atoms with Crippen molar-refractivity contribution < 1.29 is 24.6 Å². The number of nitrogens with zero attached hydrogens (tertiary/aromatic N) is 1. The summed E-state index contributed by atoms with van der Waals surface area (Å²) in [5, 5.41) is 23.2. The van der Waals surface area contributed by atoms with E-state index in [2.05, 4.69) is 20.6 Å². The van der Waals surface area contributed by atoms with Gasteiger partial charge in [-0.3, -0.25) is 9.59 Å². The van der Waals surface area contributed by atoms with E-state index in [0.29, 0.717) is 5.69 Å². The topological polar surface area (TPSA) is 170 Å². The number of carbonyl (C=O) groups excluding carboxylic acids is 2. The Kier molecular flexibility index (Phi) is 7.52. The third kappa shape index (κ3) is 6.16. The minimum absolute atomic E-state index is 0.212. The average molecular weight is 355 g/mol. The van der Waals surface area contributed by atoms with Crippen LogP contribution in [0.25, 0.3) is 0 Å².